The van der Waals surface area contributed by atoms with Crippen molar-refractivity contribution in [3.63, 3.8) is 0 Å². The van der Waals surface area contributed by atoms with Crippen molar-refractivity contribution in [2.75, 3.05) is 11.4 Å². The molecular formula is C18H21ClFNO. The molecule has 0 unspecified atom stereocenters. The van der Waals surface area contributed by atoms with Crippen LogP contribution in [0.2, 0.25) is 0 Å². The molecule has 2 nitrogen and oxygen atoms in total. The zero-order valence-corrected chi connectivity index (χ0v) is 13.9. The third kappa shape index (κ3) is 3.86. The van der Waals surface area contributed by atoms with Crippen LogP contribution in [-0.2, 0) is 0 Å². The first kappa shape index (κ1) is 18.2. The van der Waals surface area contributed by atoms with Crippen molar-refractivity contribution < 1.29 is 9.18 Å². The summed E-state index contributed by atoms with van der Waals surface area (Å²) in [5.41, 5.74) is 2.38. The highest BCUT2D eigenvalue weighted by Crippen LogP contribution is 2.28. The van der Waals surface area contributed by atoms with Crippen molar-refractivity contribution in [1.82, 2.24) is 0 Å². The molecule has 0 N–H and O–H groups in total. The predicted octanol–water partition coefficient (Wildman–Crippen LogP) is 5.04. The van der Waals surface area contributed by atoms with Gasteiger partial charge in [-0.05, 0) is 42.7 Å². The van der Waals surface area contributed by atoms with Crippen LogP contribution in [0.3, 0.4) is 0 Å². The van der Waals surface area contributed by atoms with E-state index in [-0.39, 0.29) is 18.3 Å². The minimum Gasteiger partial charge on any atom is -0.308 e. The summed E-state index contributed by atoms with van der Waals surface area (Å²) in [4.78, 5) is 14.4. The largest absolute Gasteiger partial charge is 0.308 e. The fourth-order valence-electron chi connectivity index (χ4n) is 2.42. The molecule has 0 saturated heterocycles. The second kappa shape index (κ2) is 7.95. The van der Waals surface area contributed by atoms with E-state index in [2.05, 4.69) is 13.8 Å². The summed E-state index contributed by atoms with van der Waals surface area (Å²) >= 11 is 0. The van der Waals surface area contributed by atoms with Crippen LogP contribution in [0, 0.1) is 5.82 Å². The van der Waals surface area contributed by atoms with Gasteiger partial charge < -0.3 is 4.90 Å². The molecule has 2 rings (SSSR count). The van der Waals surface area contributed by atoms with Crippen LogP contribution < -0.4 is 4.90 Å². The zero-order chi connectivity index (χ0) is 15.4. The summed E-state index contributed by atoms with van der Waals surface area (Å²) in [5.74, 6) is -0.255. The number of rotatable bonds is 4. The van der Waals surface area contributed by atoms with E-state index in [1.807, 2.05) is 31.2 Å². The SMILES string of the molecule is CCN(C(=O)c1cccc(F)c1)c1ccccc1C(C)C.Cl. The van der Waals surface area contributed by atoms with E-state index in [0.717, 1.165) is 11.3 Å². The Kier molecular flexibility index (Phi) is 6.57. The Morgan fingerprint density at radius 1 is 1.14 bits per heavy atom. The van der Waals surface area contributed by atoms with Gasteiger partial charge in [0.2, 0.25) is 0 Å². The maximum atomic E-state index is 13.3. The Labute approximate surface area is 137 Å². The molecule has 0 bridgehead atoms. The number of hydrogen-bond acceptors (Lipinski definition) is 1. The van der Waals surface area contributed by atoms with Gasteiger partial charge in [0.1, 0.15) is 5.82 Å². The molecule has 0 spiro atoms. The Morgan fingerprint density at radius 3 is 2.41 bits per heavy atom. The minimum absolute atomic E-state index is 0. The highest BCUT2D eigenvalue weighted by molar-refractivity contribution is 6.06. The lowest BCUT2D eigenvalue weighted by molar-refractivity contribution is 0.0987. The summed E-state index contributed by atoms with van der Waals surface area (Å²) in [7, 11) is 0. The van der Waals surface area contributed by atoms with Gasteiger partial charge in [-0.1, -0.05) is 38.1 Å². The van der Waals surface area contributed by atoms with E-state index < -0.39 is 5.82 Å². The van der Waals surface area contributed by atoms with Crippen LogP contribution in [0.4, 0.5) is 10.1 Å². The average molecular weight is 322 g/mol. The Hall–Kier alpha value is -1.87. The van der Waals surface area contributed by atoms with Crippen LogP contribution in [0.5, 0.6) is 0 Å². The molecule has 0 saturated carbocycles. The van der Waals surface area contributed by atoms with Gasteiger partial charge in [-0.3, -0.25) is 4.79 Å². The van der Waals surface area contributed by atoms with Gasteiger partial charge in [0.15, 0.2) is 0 Å². The highest BCUT2D eigenvalue weighted by atomic mass is 35.5. The van der Waals surface area contributed by atoms with Gasteiger partial charge >= 0.3 is 0 Å². The third-order valence-corrected chi connectivity index (χ3v) is 3.48. The van der Waals surface area contributed by atoms with Crippen molar-refractivity contribution >= 4 is 24.0 Å². The van der Waals surface area contributed by atoms with Gasteiger partial charge in [0.25, 0.3) is 5.91 Å². The monoisotopic (exact) mass is 321 g/mol. The zero-order valence-electron chi connectivity index (χ0n) is 13.0. The molecular weight excluding hydrogens is 301 g/mol. The molecule has 0 heterocycles. The lowest BCUT2D eigenvalue weighted by Gasteiger charge is -2.25. The van der Waals surface area contributed by atoms with Crippen molar-refractivity contribution in [2.24, 2.45) is 0 Å². The van der Waals surface area contributed by atoms with Crippen LogP contribution in [0.1, 0.15) is 42.6 Å². The van der Waals surface area contributed by atoms with E-state index in [9.17, 15) is 9.18 Å². The van der Waals surface area contributed by atoms with Crippen LogP contribution >= 0.6 is 12.4 Å². The van der Waals surface area contributed by atoms with Gasteiger partial charge in [0, 0.05) is 17.8 Å². The number of benzene rings is 2. The summed E-state index contributed by atoms with van der Waals surface area (Å²) < 4.78 is 13.3. The smallest absolute Gasteiger partial charge is 0.258 e. The molecule has 0 aliphatic carbocycles. The maximum Gasteiger partial charge on any atom is 0.258 e. The standard InChI is InChI=1S/C18H20FNO.ClH/c1-4-20(17-11-6-5-10-16(17)13(2)3)18(21)14-8-7-9-15(19)12-14;/h5-13H,4H2,1-3H3;1H. The number of nitrogens with zero attached hydrogens (tertiary/aromatic N) is 1. The first-order valence-corrected chi connectivity index (χ1v) is 7.21. The molecule has 0 fully saturated rings. The van der Waals surface area contributed by atoms with Crippen molar-refractivity contribution in [3.8, 4) is 0 Å². The average Bonchev–Trinajstić information content (AvgIpc) is 2.48. The number of hydrogen-bond donors (Lipinski definition) is 0. The van der Waals surface area contributed by atoms with Gasteiger partial charge in [-0.2, -0.15) is 0 Å². The van der Waals surface area contributed by atoms with Crippen LogP contribution in [0.25, 0.3) is 0 Å². The molecule has 2 aromatic rings. The number of para-hydroxylation sites is 1. The Bertz CT molecular complexity index is 642. The van der Waals surface area contributed by atoms with E-state index in [1.165, 1.54) is 12.1 Å². The predicted molar refractivity (Wildman–Crippen MR) is 91.5 cm³/mol. The first-order chi connectivity index (χ1) is 10.0. The van der Waals surface area contributed by atoms with Crippen molar-refractivity contribution in [3.05, 3.63) is 65.5 Å². The number of amides is 1. The second-order valence-electron chi connectivity index (χ2n) is 5.27. The highest BCUT2D eigenvalue weighted by Gasteiger charge is 2.19. The number of anilines is 1. The quantitative estimate of drug-likeness (QED) is 0.772. The Morgan fingerprint density at radius 2 is 1.82 bits per heavy atom. The van der Waals surface area contributed by atoms with Crippen molar-refractivity contribution in [1.29, 1.82) is 0 Å². The number of halogens is 2. The summed E-state index contributed by atoms with van der Waals surface area (Å²) in [6, 6.07) is 13.7. The van der Waals surface area contributed by atoms with Gasteiger partial charge in [0.05, 0.1) is 0 Å². The molecule has 0 radical (unpaired) electrons. The third-order valence-electron chi connectivity index (χ3n) is 3.48. The molecule has 0 aliphatic heterocycles. The molecule has 0 atom stereocenters. The summed E-state index contributed by atoms with van der Waals surface area (Å²) in [6.45, 7) is 6.66. The second-order valence-corrected chi connectivity index (χ2v) is 5.27. The molecule has 0 aliphatic rings. The topological polar surface area (TPSA) is 20.3 Å². The van der Waals surface area contributed by atoms with Crippen LogP contribution in [0.15, 0.2) is 48.5 Å². The lowest BCUT2D eigenvalue weighted by Crippen LogP contribution is -2.31. The first-order valence-electron chi connectivity index (χ1n) is 7.21. The molecule has 4 heteroatoms. The van der Waals surface area contributed by atoms with Crippen LogP contribution in [-0.4, -0.2) is 12.5 Å². The molecule has 118 valence electrons. The Balaban J connectivity index is 0.00000242. The maximum absolute atomic E-state index is 13.3. The molecule has 2 aromatic carbocycles. The van der Waals surface area contributed by atoms with Gasteiger partial charge in [-0.25, -0.2) is 4.39 Å². The normalized spacial score (nSPS) is 10.2. The summed E-state index contributed by atoms with van der Waals surface area (Å²) in [5, 5.41) is 0. The molecule has 22 heavy (non-hydrogen) atoms. The van der Waals surface area contributed by atoms with Crippen molar-refractivity contribution in [2.45, 2.75) is 26.7 Å². The summed E-state index contributed by atoms with van der Waals surface area (Å²) in [6.07, 6.45) is 0. The fourth-order valence-corrected chi connectivity index (χ4v) is 2.42. The van der Waals surface area contributed by atoms with E-state index >= 15 is 0 Å². The number of carbonyl (C=O) groups excluding carboxylic acids is 1. The minimum atomic E-state index is -0.394. The fraction of sp³-hybridized carbons (Fsp3) is 0.278. The number of carbonyl (C=O) groups is 1. The van der Waals surface area contributed by atoms with E-state index in [0.29, 0.717) is 18.0 Å². The van der Waals surface area contributed by atoms with E-state index in [1.54, 1.807) is 17.0 Å². The van der Waals surface area contributed by atoms with E-state index in [4.69, 9.17) is 0 Å². The van der Waals surface area contributed by atoms with Gasteiger partial charge in [-0.15, -0.1) is 12.4 Å². The lowest BCUT2D eigenvalue weighted by atomic mass is 10.00. The molecule has 1 amide bonds. The molecule has 0 aromatic heterocycles.